The molecule has 0 aliphatic carbocycles. The average molecular weight is 378 g/mol. The number of rotatable bonds is 7. The number of methoxy groups -OCH3 is 1. The number of aliphatic hydroxyl groups excluding tert-OH is 4. The Morgan fingerprint density at radius 3 is 2.04 bits per heavy atom. The summed E-state index contributed by atoms with van der Waals surface area (Å²) in [4.78, 5) is 0. The summed E-state index contributed by atoms with van der Waals surface area (Å²) < 4.78 is 17.3. The summed E-state index contributed by atoms with van der Waals surface area (Å²) in [6, 6.07) is 11.4. The highest BCUT2D eigenvalue weighted by atomic mass is 16.8. The monoisotopic (exact) mass is 378 g/mol. The molecule has 1 saturated heterocycles. The minimum absolute atomic E-state index is 0.415. The zero-order valence-electron chi connectivity index (χ0n) is 15.4. The molecule has 7 heteroatoms. The van der Waals surface area contributed by atoms with Crippen molar-refractivity contribution in [3.05, 3.63) is 42.0 Å². The first-order valence-corrected chi connectivity index (χ1v) is 8.99. The second-order valence-corrected chi connectivity index (χ2v) is 6.70. The molecule has 0 radical (unpaired) electrons. The van der Waals surface area contributed by atoms with E-state index >= 15 is 0 Å². The average Bonchev–Trinajstić information content (AvgIpc) is 3.13. The normalized spacial score (nSPS) is 24.1. The third-order valence-electron chi connectivity index (χ3n) is 5.06. The lowest BCUT2D eigenvalue weighted by Gasteiger charge is -2.28. The second kappa shape index (κ2) is 8.10. The van der Waals surface area contributed by atoms with Crippen LogP contribution in [0, 0.1) is 0 Å². The van der Waals surface area contributed by atoms with Gasteiger partial charge in [-0.1, -0.05) is 25.1 Å². The quantitative estimate of drug-likeness (QED) is 0.567. The van der Waals surface area contributed by atoms with Crippen LogP contribution >= 0.6 is 0 Å². The lowest BCUT2D eigenvalue weighted by Crippen LogP contribution is -2.45. The largest absolute Gasteiger partial charge is 0.497 e. The van der Waals surface area contributed by atoms with Gasteiger partial charge in [-0.3, -0.25) is 0 Å². The van der Waals surface area contributed by atoms with E-state index in [1.807, 2.05) is 43.3 Å². The highest BCUT2D eigenvalue weighted by molar-refractivity contribution is 5.84. The van der Waals surface area contributed by atoms with Gasteiger partial charge in [0.25, 0.3) is 0 Å². The fourth-order valence-electron chi connectivity index (χ4n) is 3.50. The summed E-state index contributed by atoms with van der Waals surface area (Å²) in [6.45, 7) is 0.786. The molecule has 0 aromatic heterocycles. The minimum Gasteiger partial charge on any atom is -0.497 e. The van der Waals surface area contributed by atoms with Crippen LogP contribution in [-0.2, 0) is 15.3 Å². The molecule has 1 fully saturated rings. The number of hydrogen-bond acceptors (Lipinski definition) is 7. The molecule has 0 saturated carbocycles. The highest BCUT2D eigenvalue weighted by Gasteiger charge is 2.52. The summed E-state index contributed by atoms with van der Waals surface area (Å²) >= 11 is 0. The third-order valence-corrected chi connectivity index (χ3v) is 5.06. The van der Waals surface area contributed by atoms with E-state index in [0.717, 1.165) is 22.1 Å². The smallest absolute Gasteiger partial charge is 0.195 e. The van der Waals surface area contributed by atoms with Gasteiger partial charge < -0.3 is 34.6 Å². The van der Waals surface area contributed by atoms with E-state index in [4.69, 9.17) is 14.2 Å². The predicted octanol–water partition coefficient (Wildman–Crippen LogP) is 0.902. The lowest BCUT2D eigenvalue weighted by molar-refractivity contribution is -0.200. The first-order chi connectivity index (χ1) is 13.0. The van der Waals surface area contributed by atoms with Crippen LogP contribution in [0.25, 0.3) is 10.8 Å². The molecule has 0 unspecified atom stereocenters. The van der Waals surface area contributed by atoms with Gasteiger partial charge in [-0.05, 0) is 29.0 Å². The third kappa shape index (κ3) is 3.67. The maximum absolute atomic E-state index is 10.1. The Morgan fingerprint density at radius 1 is 0.963 bits per heavy atom. The number of fused-ring (bicyclic) bond motifs is 1. The maximum atomic E-state index is 10.1. The van der Waals surface area contributed by atoms with Gasteiger partial charge in [0.2, 0.25) is 0 Å². The van der Waals surface area contributed by atoms with Crippen molar-refractivity contribution in [1.29, 1.82) is 0 Å². The van der Waals surface area contributed by atoms with Crippen LogP contribution in [0.4, 0.5) is 0 Å². The van der Waals surface area contributed by atoms with E-state index in [0.29, 0.717) is 6.42 Å². The van der Waals surface area contributed by atoms with Gasteiger partial charge in [0.1, 0.15) is 30.2 Å². The zero-order valence-corrected chi connectivity index (χ0v) is 15.4. The summed E-state index contributed by atoms with van der Waals surface area (Å²) in [7, 11) is 1.61. The summed E-state index contributed by atoms with van der Waals surface area (Å²) in [6.07, 6.45) is -4.01. The molecule has 0 amide bonds. The van der Waals surface area contributed by atoms with Gasteiger partial charge in [-0.25, -0.2) is 0 Å². The van der Waals surface area contributed by atoms with Crippen molar-refractivity contribution in [2.75, 3.05) is 20.3 Å². The molecule has 0 spiro atoms. The van der Waals surface area contributed by atoms with Crippen LogP contribution in [0.2, 0.25) is 0 Å². The first kappa shape index (κ1) is 20.0. The first-order valence-electron chi connectivity index (χ1n) is 8.99. The zero-order chi connectivity index (χ0) is 19.6. The molecule has 3 rings (SSSR count). The van der Waals surface area contributed by atoms with Crippen molar-refractivity contribution in [3.63, 3.8) is 0 Å². The van der Waals surface area contributed by atoms with E-state index in [1.165, 1.54) is 0 Å². The van der Waals surface area contributed by atoms with Crippen LogP contribution in [0.1, 0.15) is 18.9 Å². The second-order valence-electron chi connectivity index (χ2n) is 6.70. The molecule has 2 aromatic carbocycles. The molecule has 0 bridgehead atoms. The summed E-state index contributed by atoms with van der Waals surface area (Å²) in [5.41, 5.74) is 0.727. The van der Waals surface area contributed by atoms with Gasteiger partial charge in [-0.2, -0.15) is 0 Å². The SMILES string of the molecule is CCC1(c2ccc3cc(OC)ccc3c2)O[C@H]([C@H](O)CO)[C@@H]([C@H](O)CO)O1. The van der Waals surface area contributed by atoms with Crippen molar-refractivity contribution in [2.24, 2.45) is 0 Å². The van der Waals surface area contributed by atoms with Gasteiger partial charge in [0.05, 0.1) is 20.3 Å². The van der Waals surface area contributed by atoms with Crippen LogP contribution in [-0.4, -0.2) is 65.2 Å². The molecular formula is C20H26O7. The number of benzene rings is 2. The Bertz CT molecular complexity index is 760. The lowest BCUT2D eigenvalue weighted by atomic mass is 9.99. The molecule has 2 aromatic rings. The summed E-state index contributed by atoms with van der Waals surface area (Å²) in [5, 5.41) is 40.8. The minimum atomic E-state index is -1.24. The molecule has 27 heavy (non-hydrogen) atoms. The molecular weight excluding hydrogens is 352 g/mol. The number of hydrogen-bond donors (Lipinski definition) is 4. The molecule has 7 nitrogen and oxygen atoms in total. The van der Waals surface area contributed by atoms with Crippen molar-refractivity contribution in [2.45, 2.75) is 43.5 Å². The van der Waals surface area contributed by atoms with Gasteiger partial charge >= 0.3 is 0 Å². The molecule has 148 valence electrons. The fraction of sp³-hybridized carbons (Fsp3) is 0.500. The van der Waals surface area contributed by atoms with Crippen LogP contribution in [0.3, 0.4) is 0 Å². The highest BCUT2D eigenvalue weighted by Crippen LogP contribution is 2.43. The maximum Gasteiger partial charge on any atom is 0.195 e. The Balaban J connectivity index is 2.00. The van der Waals surface area contributed by atoms with Crippen LogP contribution in [0.15, 0.2) is 36.4 Å². The fourth-order valence-corrected chi connectivity index (χ4v) is 3.50. The van der Waals surface area contributed by atoms with Gasteiger partial charge in [0.15, 0.2) is 5.79 Å². The standard InChI is InChI=1S/C20H26O7/c1-3-20(26-18(16(23)10-21)19(27-20)17(24)11-22)14-6-4-13-9-15(25-2)7-5-12(13)8-14/h4-9,16-19,21-24H,3,10-11H2,1-2H3/t16-,17-,18-,19-/m1/s1. The molecule has 1 heterocycles. The molecule has 4 N–H and O–H groups in total. The predicted molar refractivity (Wildman–Crippen MR) is 98.4 cm³/mol. The van der Waals surface area contributed by atoms with Crippen molar-refractivity contribution in [3.8, 4) is 5.75 Å². The Kier molecular flexibility index (Phi) is 6.00. The van der Waals surface area contributed by atoms with Crippen LogP contribution < -0.4 is 4.74 Å². The van der Waals surface area contributed by atoms with Crippen LogP contribution in [0.5, 0.6) is 5.75 Å². The van der Waals surface area contributed by atoms with Crippen molar-refractivity contribution >= 4 is 10.8 Å². The van der Waals surface area contributed by atoms with E-state index in [-0.39, 0.29) is 0 Å². The Morgan fingerprint density at radius 2 is 1.52 bits per heavy atom. The molecule has 4 atom stereocenters. The Labute approximate surface area is 157 Å². The van der Waals surface area contributed by atoms with Crippen molar-refractivity contribution < 1.29 is 34.6 Å². The topological polar surface area (TPSA) is 109 Å². The van der Waals surface area contributed by atoms with E-state index in [9.17, 15) is 20.4 Å². The van der Waals surface area contributed by atoms with Gasteiger partial charge in [-0.15, -0.1) is 0 Å². The molecule has 1 aliphatic heterocycles. The van der Waals surface area contributed by atoms with E-state index in [2.05, 4.69) is 0 Å². The van der Waals surface area contributed by atoms with Crippen molar-refractivity contribution in [1.82, 2.24) is 0 Å². The van der Waals surface area contributed by atoms with E-state index in [1.54, 1.807) is 7.11 Å². The number of ether oxygens (including phenoxy) is 3. The summed E-state index contributed by atoms with van der Waals surface area (Å²) in [5.74, 6) is -0.443. The number of aliphatic hydroxyl groups is 4. The van der Waals surface area contributed by atoms with Gasteiger partial charge in [0, 0.05) is 12.0 Å². The Hall–Kier alpha value is -1.74. The van der Waals surface area contributed by atoms with E-state index < -0.39 is 43.4 Å². The molecule has 1 aliphatic rings.